The van der Waals surface area contributed by atoms with Crippen LogP contribution in [0.5, 0.6) is 23.0 Å². The minimum Gasteiger partial charge on any atom is -0.502 e. The monoisotopic (exact) mass is 414 g/mol. The minimum absolute atomic E-state index is 0.102. The lowest BCUT2D eigenvalue weighted by Gasteiger charge is -2.16. The zero-order chi connectivity index (χ0) is 21.1. The number of carbonyl (C=O) groups excluding carboxylic acids is 1. The van der Waals surface area contributed by atoms with Gasteiger partial charge in [-0.3, -0.25) is 9.69 Å². The summed E-state index contributed by atoms with van der Waals surface area (Å²) in [5, 5.41) is 10.4. The van der Waals surface area contributed by atoms with Gasteiger partial charge in [0.05, 0.1) is 26.5 Å². The molecule has 2 aromatic carbocycles. The number of benzene rings is 2. The minimum atomic E-state index is -0.257. The molecule has 0 saturated carbocycles. The smallest absolute Gasteiger partial charge is 0.281 e. The molecule has 0 radical (unpaired) electrons. The van der Waals surface area contributed by atoms with Crippen molar-refractivity contribution in [1.82, 2.24) is 4.90 Å². The molecule has 0 atom stereocenters. The van der Waals surface area contributed by atoms with E-state index in [1.165, 1.54) is 19.1 Å². The quantitative estimate of drug-likeness (QED) is 0.574. The van der Waals surface area contributed by atoms with Crippen LogP contribution in [-0.2, 0) is 4.79 Å². The molecule has 2 aromatic rings. The standard InChI is InChI=1S/C21H22N2O5S/c1-5-28-15-8-6-14(7-9-15)23-20(25)16(22(2)21(23)29)10-13-11-17(26-3)19(24)18(12-13)27-4/h6-12,24H,5H2,1-4H3/b16-10-. The van der Waals surface area contributed by atoms with Crippen LogP contribution in [0.25, 0.3) is 6.08 Å². The maximum absolute atomic E-state index is 13.1. The first-order chi connectivity index (χ1) is 13.9. The molecule has 0 aromatic heterocycles. The highest BCUT2D eigenvalue weighted by Gasteiger charge is 2.36. The number of phenolic OH excluding ortho intramolecular Hbond substituents is 1. The van der Waals surface area contributed by atoms with Crippen molar-refractivity contribution < 1.29 is 24.1 Å². The molecule has 1 N–H and O–H groups in total. The molecule has 0 bridgehead atoms. The number of anilines is 1. The van der Waals surface area contributed by atoms with Crippen molar-refractivity contribution in [2.45, 2.75) is 6.92 Å². The van der Waals surface area contributed by atoms with Crippen molar-refractivity contribution in [2.75, 3.05) is 32.8 Å². The third-order valence-electron chi connectivity index (χ3n) is 4.47. The van der Waals surface area contributed by atoms with Crippen molar-refractivity contribution >= 4 is 35.0 Å². The maximum atomic E-state index is 13.1. The van der Waals surface area contributed by atoms with E-state index in [0.29, 0.717) is 28.7 Å². The topological polar surface area (TPSA) is 71.5 Å². The highest BCUT2D eigenvalue weighted by molar-refractivity contribution is 7.80. The normalized spacial score (nSPS) is 15.2. The van der Waals surface area contributed by atoms with Crippen LogP contribution in [0.4, 0.5) is 5.69 Å². The Morgan fingerprint density at radius 3 is 2.21 bits per heavy atom. The Balaban J connectivity index is 1.97. The van der Waals surface area contributed by atoms with Crippen LogP contribution < -0.4 is 19.1 Å². The number of amides is 1. The average Bonchev–Trinajstić information content (AvgIpc) is 2.93. The van der Waals surface area contributed by atoms with Crippen LogP contribution in [0.2, 0.25) is 0 Å². The molecule has 1 saturated heterocycles. The fourth-order valence-electron chi connectivity index (χ4n) is 3.00. The number of aromatic hydroxyl groups is 1. The molecule has 0 spiro atoms. The molecule has 1 aliphatic heterocycles. The van der Waals surface area contributed by atoms with Gasteiger partial charge in [-0.05, 0) is 67.2 Å². The van der Waals surface area contributed by atoms with Crippen LogP contribution in [0, 0.1) is 0 Å². The van der Waals surface area contributed by atoms with Gasteiger partial charge in [0.25, 0.3) is 5.91 Å². The summed E-state index contributed by atoms with van der Waals surface area (Å²) in [5.74, 6) is 0.856. The average molecular weight is 414 g/mol. The van der Waals surface area contributed by atoms with E-state index >= 15 is 0 Å². The van der Waals surface area contributed by atoms with Crippen molar-refractivity contribution in [3.63, 3.8) is 0 Å². The number of hydrogen-bond donors (Lipinski definition) is 1. The Labute approximate surface area is 174 Å². The molecule has 7 nitrogen and oxygen atoms in total. The number of thiocarbonyl (C=S) groups is 1. The Kier molecular flexibility index (Phi) is 5.93. The molecule has 8 heteroatoms. The van der Waals surface area contributed by atoms with Gasteiger partial charge >= 0.3 is 0 Å². The number of phenols is 1. The molecule has 0 aliphatic carbocycles. The molecule has 0 unspecified atom stereocenters. The number of carbonyl (C=O) groups is 1. The van der Waals surface area contributed by atoms with E-state index < -0.39 is 0 Å². The van der Waals surface area contributed by atoms with Crippen LogP contribution in [0.3, 0.4) is 0 Å². The Bertz CT molecular complexity index is 947. The van der Waals surface area contributed by atoms with E-state index in [9.17, 15) is 9.90 Å². The first kappa shape index (κ1) is 20.5. The van der Waals surface area contributed by atoms with Gasteiger partial charge in [0.15, 0.2) is 16.6 Å². The molecule has 29 heavy (non-hydrogen) atoms. The van der Waals surface area contributed by atoms with Crippen molar-refractivity contribution in [2.24, 2.45) is 0 Å². The third-order valence-corrected chi connectivity index (χ3v) is 4.93. The van der Waals surface area contributed by atoms with Crippen LogP contribution >= 0.6 is 12.2 Å². The maximum Gasteiger partial charge on any atom is 0.281 e. The Hall–Kier alpha value is -3.26. The summed E-state index contributed by atoms with van der Waals surface area (Å²) >= 11 is 5.49. The Morgan fingerprint density at radius 2 is 1.69 bits per heavy atom. The summed E-state index contributed by atoms with van der Waals surface area (Å²) in [6.45, 7) is 2.47. The molecular formula is C21H22N2O5S. The van der Waals surface area contributed by atoms with Crippen LogP contribution in [-0.4, -0.2) is 48.9 Å². The Morgan fingerprint density at radius 1 is 1.10 bits per heavy atom. The van der Waals surface area contributed by atoms with E-state index in [2.05, 4.69) is 0 Å². The zero-order valence-electron chi connectivity index (χ0n) is 16.6. The lowest BCUT2D eigenvalue weighted by atomic mass is 10.1. The second-order valence-electron chi connectivity index (χ2n) is 6.21. The van der Waals surface area contributed by atoms with Gasteiger partial charge in [-0.2, -0.15) is 0 Å². The number of rotatable bonds is 6. The van der Waals surface area contributed by atoms with Gasteiger partial charge in [-0.1, -0.05) is 0 Å². The van der Waals surface area contributed by atoms with Crippen molar-refractivity contribution in [1.29, 1.82) is 0 Å². The molecule has 1 heterocycles. The van der Waals surface area contributed by atoms with Crippen molar-refractivity contribution in [3.8, 4) is 23.0 Å². The van der Waals surface area contributed by atoms with Gasteiger partial charge in [0.1, 0.15) is 11.4 Å². The first-order valence-electron chi connectivity index (χ1n) is 8.93. The molecule has 152 valence electrons. The van der Waals surface area contributed by atoms with Gasteiger partial charge in [0.2, 0.25) is 5.75 Å². The van der Waals surface area contributed by atoms with E-state index in [4.69, 9.17) is 26.4 Å². The number of nitrogens with zero attached hydrogens (tertiary/aromatic N) is 2. The molecule has 1 amide bonds. The second kappa shape index (κ2) is 8.40. The summed E-state index contributed by atoms with van der Waals surface area (Å²) < 4.78 is 15.8. The molecule has 1 fully saturated rings. The summed E-state index contributed by atoms with van der Waals surface area (Å²) in [7, 11) is 4.62. The fraction of sp³-hybridized carbons (Fsp3) is 0.238. The summed E-state index contributed by atoms with van der Waals surface area (Å²) in [4.78, 5) is 16.2. The largest absolute Gasteiger partial charge is 0.502 e. The molecular weight excluding hydrogens is 392 g/mol. The second-order valence-corrected chi connectivity index (χ2v) is 6.58. The molecule has 3 rings (SSSR count). The number of methoxy groups -OCH3 is 2. The molecule has 1 aliphatic rings. The number of hydrogen-bond acceptors (Lipinski definition) is 6. The van der Waals surface area contributed by atoms with E-state index in [-0.39, 0.29) is 23.2 Å². The zero-order valence-corrected chi connectivity index (χ0v) is 17.4. The van der Waals surface area contributed by atoms with Gasteiger partial charge in [0, 0.05) is 7.05 Å². The lowest BCUT2D eigenvalue weighted by Crippen LogP contribution is -2.31. The summed E-state index contributed by atoms with van der Waals surface area (Å²) in [6.07, 6.45) is 1.67. The highest BCUT2D eigenvalue weighted by atomic mass is 32.1. The van der Waals surface area contributed by atoms with Gasteiger partial charge in [-0.15, -0.1) is 0 Å². The lowest BCUT2D eigenvalue weighted by molar-refractivity contribution is -0.114. The SMILES string of the molecule is CCOc1ccc(N2C(=O)/C(=C/c3cc(OC)c(O)c(OC)c3)N(C)C2=S)cc1. The summed E-state index contributed by atoms with van der Waals surface area (Å²) in [6, 6.07) is 10.4. The number of likely N-dealkylation sites (N-methyl/N-ethyl adjacent to an activating group) is 1. The van der Waals surface area contributed by atoms with Gasteiger partial charge < -0.3 is 24.2 Å². The van der Waals surface area contributed by atoms with Gasteiger partial charge in [-0.25, -0.2) is 0 Å². The number of ether oxygens (including phenoxy) is 3. The van der Waals surface area contributed by atoms with E-state index in [0.717, 1.165) is 5.75 Å². The summed E-state index contributed by atoms with van der Waals surface area (Å²) in [5.41, 5.74) is 1.67. The van der Waals surface area contributed by atoms with E-state index in [1.54, 1.807) is 54.4 Å². The predicted octanol–water partition coefficient (Wildman–Crippen LogP) is 3.41. The highest BCUT2D eigenvalue weighted by Crippen LogP contribution is 2.38. The van der Waals surface area contributed by atoms with Crippen molar-refractivity contribution in [3.05, 3.63) is 47.7 Å². The van der Waals surface area contributed by atoms with E-state index in [1.807, 2.05) is 6.92 Å². The predicted molar refractivity (Wildman–Crippen MR) is 115 cm³/mol. The fourth-order valence-corrected chi connectivity index (χ4v) is 3.28. The van der Waals surface area contributed by atoms with Crippen LogP contribution in [0.1, 0.15) is 12.5 Å². The van der Waals surface area contributed by atoms with Crippen LogP contribution in [0.15, 0.2) is 42.1 Å². The third kappa shape index (κ3) is 3.84. The first-order valence-corrected chi connectivity index (χ1v) is 9.33.